The van der Waals surface area contributed by atoms with Gasteiger partial charge in [0, 0.05) is 30.6 Å². The second-order valence-corrected chi connectivity index (χ2v) is 11.7. The molecule has 0 unspecified atom stereocenters. The standard InChI is InChI=1S/C29H40N6O3S/c1-5-35(6-2)17-10-18-39(36,37)33-26(15-13-22-11-8-7-9-12-22)29-30-28(31-32-29)19-23-21-34(3)27-16-14-24(38-4)20-25(23)27/h7-9,11-12,14,16,20-21,26,33H,5-6,10,13,15,17-19H2,1-4H3,(H,30,31,32)/t26-/m1/s1. The molecule has 0 radical (unpaired) electrons. The van der Waals surface area contributed by atoms with Gasteiger partial charge in [0.25, 0.3) is 0 Å². The van der Waals surface area contributed by atoms with Gasteiger partial charge in [-0.2, -0.15) is 5.10 Å². The first kappa shape index (κ1) is 28.8. The molecule has 0 amide bonds. The molecule has 4 rings (SSSR count). The molecule has 9 nitrogen and oxygen atoms in total. The molecule has 0 saturated heterocycles. The fourth-order valence-electron chi connectivity index (χ4n) is 4.94. The first-order valence-electron chi connectivity index (χ1n) is 13.6. The van der Waals surface area contributed by atoms with E-state index < -0.39 is 16.1 Å². The summed E-state index contributed by atoms with van der Waals surface area (Å²) in [4.78, 5) is 6.98. The monoisotopic (exact) mass is 552 g/mol. The molecular formula is C29H40N6O3S. The molecule has 39 heavy (non-hydrogen) atoms. The van der Waals surface area contributed by atoms with Crippen LogP contribution in [0.1, 0.15) is 55.5 Å². The molecule has 0 bridgehead atoms. The number of aryl methyl sites for hydroxylation is 2. The Morgan fingerprint density at radius 3 is 2.62 bits per heavy atom. The summed E-state index contributed by atoms with van der Waals surface area (Å²) in [5, 5.41) is 8.57. The van der Waals surface area contributed by atoms with Gasteiger partial charge >= 0.3 is 0 Å². The van der Waals surface area contributed by atoms with Gasteiger partial charge in [-0.1, -0.05) is 44.2 Å². The average Bonchev–Trinajstić information content (AvgIpc) is 3.53. The number of rotatable bonds is 15. The number of aromatic nitrogens is 4. The number of hydrogen-bond acceptors (Lipinski definition) is 6. The molecule has 0 aliphatic heterocycles. The maximum absolute atomic E-state index is 13.1. The van der Waals surface area contributed by atoms with Gasteiger partial charge in [-0.05, 0) is 68.2 Å². The molecular weight excluding hydrogens is 512 g/mol. The second-order valence-electron chi connectivity index (χ2n) is 9.86. The van der Waals surface area contributed by atoms with E-state index in [-0.39, 0.29) is 5.75 Å². The van der Waals surface area contributed by atoms with Crippen molar-refractivity contribution < 1.29 is 13.2 Å². The number of fused-ring (bicyclic) bond motifs is 1. The molecule has 10 heteroatoms. The van der Waals surface area contributed by atoms with E-state index in [9.17, 15) is 8.42 Å². The molecule has 4 aromatic rings. The van der Waals surface area contributed by atoms with Crippen LogP contribution in [0.2, 0.25) is 0 Å². The first-order chi connectivity index (χ1) is 18.8. The maximum atomic E-state index is 13.1. The van der Waals surface area contributed by atoms with Crippen LogP contribution in [0.4, 0.5) is 0 Å². The SMILES string of the molecule is CCN(CC)CCCS(=O)(=O)N[C@H](CCc1ccccc1)c1nc(Cc2cn(C)c3ccc(OC)cc23)n[nH]1. The Labute approximate surface area is 231 Å². The Balaban J connectivity index is 1.52. The molecule has 0 saturated carbocycles. The van der Waals surface area contributed by atoms with Crippen LogP contribution in [0.25, 0.3) is 10.9 Å². The van der Waals surface area contributed by atoms with Gasteiger partial charge in [0.05, 0.1) is 18.9 Å². The van der Waals surface area contributed by atoms with E-state index >= 15 is 0 Å². The van der Waals surface area contributed by atoms with Crippen molar-refractivity contribution in [1.82, 2.24) is 29.4 Å². The van der Waals surface area contributed by atoms with Crippen molar-refractivity contribution in [3.05, 3.63) is 77.5 Å². The average molecular weight is 553 g/mol. The minimum absolute atomic E-state index is 0.0736. The predicted molar refractivity (Wildman–Crippen MR) is 155 cm³/mol. The molecule has 0 aliphatic carbocycles. The van der Waals surface area contributed by atoms with Crippen LogP contribution in [-0.2, 0) is 29.9 Å². The van der Waals surface area contributed by atoms with Gasteiger partial charge in [0.2, 0.25) is 10.0 Å². The van der Waals surface area contributed by atoms with E-state index in [0.29, 0.717) is 37.3 Å². The maximum Gasteiger partial charge on any atom is 0.212 e. The van der Waals surface area contributed by atoms with E-state index in [2.05, 4.69) is 56.6 Å². The van der Waals surface area contributed by atoms with Gasteiger partial charge in [-0.15, -0.1) is 0 Å². The van der Waals surface area contributed by atoms with Crippen LogP contribution in [0.3, 0.4) is 0 Å². The third-order valence-corrected chi connectivity index (χ3v) is 8.64. The number of methoxy groups -OCH3 is 1. The zero-order valence-electron chi connectivity index (χ0n) is 23.4. The van der Waals surface area contributed by atoms with E-state index in [0.717, 1.165) is 47.4 Å². The number of hydrogen-bond donors (Lipinski definition) is 2. The Morgan fingerprint density at radius 2 is 1.90 bits per heavy atom. The lowest BCUT2D eigenvalue weighted by Crippen LogP contribution is -2.33. The first-order valence-corrected chi connectivity index (χ1v) is 15.3. The highest BCUT2D eigenvalue weighted by Gasteiger charge is 2.23. The van der Waals surface area contributed by atoms with E-state index in [1.165, 1.54) is 0 Å². The minimum atomic E-state index is -3.51. The smallest absolute Gasteiger partial charge is 0.212 e. The molecule has 0 fully saturated rings. The molecule has 210 valence electrons. The zero-order chi connectivity index (χ0) is 27.8. The number of nitrogens with one attached hydrogen (secondary N) is 2. The number of aromatic amines is 1. The highest BCUT2D eigenvalue weighted by molar-refractivity contribution is 7.89. The van der Waals surface area contributed by atoms with Crippen molar-refractivity contribution >= 4 is 20.9 Å². The fourth-order valence-corrected chi connectivity index (χ4v) is 6.23. The van der Waals surface area contributed by atoms with E-state index in [1.807, 2.05) is 43.4 Å². The van der Waals surface area contributed by atoms with Crippen LogP contribution in [0.5, 0.6) is 5.75 Å². The molecule has 2 aromatic carbocycles. The third kappa shape index (κ3) is 7.68. The number of benzene rings is 2. The summed E-state index contributed by atoms with van der Waals surface area (Å²) in [6, 6.07) is 15.6. The van der Waals surface area contributed by atoms with Gasteiger partial charge in [-0.25, -0.2) is 18.1 Å². The summed E-state index contributed by atoms with van der Waals surface area (Å²) in [5.74, 6) is 2.02. The number of ether oxygens (including phenoxy) is 1. The molecule has 2 N–H and O–H groups in total. The van der Waals surface area contributed by atoms with Crippen molar-refractivity contribution in [2.75, 3.05) is 32.5 Å². The Hall–Kier alpha value is -3.21. The molecule has 1 atom stereocenters. The van der Waals surface area contributed by atoms with Crippen LogP contribution in [0, 0.1) is 0 Å². The fraction of sp³-hybridized carbons (Fsp3) is 0.448. The van der Waals surface area contributed by atoms with Gasteiger partial charge < -0.3 is 14.2 Å². The molecule has 0 aliphatic rings. The lowest BCUT2D eigenvalue weighted by molar-refractivity contribution is 0.304. The predicted octanol–water partition coefficient (Wildman–Crippen LogP) is 4.22. The molecule has 2 aromatic heterocycles. The van der Waals surface area contributed by atoms with Crippen LogP contribution < -0.4 is 9.46 Å². The van der Waals surface area contributed by atoms with Gasteiger partial charge in [0.15, 0.2) is 5.82 Å². The lowest BCUT2D eigenvalue weighted by atomic mass is 10.1. The highest BCUT2D eigenvalue weighted by Crippen LogP contribution is 2.27. The second kappa shape index (κ2) is 13.2. The summed E-state index contributed by atoms with van der Waals surface area (Å²) in [7, 11) is 0.159. The lowest BCUT2D eigenvalue weighted by Gasteiger charge is -2.19. The molecule has 2 heterocycles. The summed E-state index contributed by atoms with van der Waals surface area (Å²) < 4.78 is 36.6. The number of nitrogens with zero attached hydrogens (tertiary/aromatic N) is 4. The third-order valence-electron chi connectivity index (χ3n) is 7.17. The Kier molecular flexibility index (Phi) is 9.77. The quantitative estimate of drug-likeness (QED) is 0.229. The number of sulfonamides is 1. The van der Waals surface area contributed by atoms with Gasteiger partial charge in [-0.3, -0.25) is 5.10 Å². The number of H-pyrrole nitrogens is 1. The Bertz CT molecular complexity index is 1440. The molecule has 0 spiro atoms. The van der Waals surface area contributed by atoms with Crippen LogP contribution in [0.15, 0.2) is 54.7 Å². The van der Waals surface area contributed by atoms with Crippen molar-refractivity contribution in [3.63, 3.8) is 0 Å². The van der Waals surface area contributed by atoms with E-state index in [1.54, 1.807) is 7.11 Å². The minimum Gasteiger partial charge on any atom is -0.497 e. The zero-order valence-corrected chi connectivity index (χ0v) is 24.2. The van der Waals surface area contributed by atoms with Crippen molar-refractivity contribution in [2.24, 2.45) is 7.05 Å². The summed E-state index contributed by atoms with van der Waals surface area (Å²) >= 11 is 0. The summed E-state index contributed by atoms with van der Waals surface area (Å²) in [6.45, 7) is 6.76. The largest absolute Gasteiger partial charge is 0.497 e. The topological polar surface area (TPSA) is 105 Å². The van der Waals surface area contributed by atoms with Gasteiger partial charge in [0.1, 0.15) is 11.6 Å². The summed E-state index contributed by atoms with van der Waals surface area (Å²) in [5.41, 5.74) is 3.32. The van der Waals surface area contributed by atoms with Crippen LogP contribution in [-0.4, -0.2) is 65.6 Å². The Morgan fingerprint density at radius 1 is 1.13 bits per heavy atom. The normalized spacial score (nSPS) is 12.8. The highest BCUT2D eigenvalue weighted by atomic mass is 32.2. The van der Waals surface area contributed by atoms with Crippen molar-refractivity contribution in [3.8, 4) is 5.75 Å². The van der Waals surface area contributed by atoms with Crippen molar-refractivity contribution in [1.29, 1.82) is 0 Å². The van der Waals surface area contributed by atoms with Crippen molar-refractivity contribution in [2.45, 2.75) is 45.6 Å². The van der Waals surface area contributed by atoms with E-state index in [4.69, 9.17) is 9.72 Å². The summed E-state index contributed by atoms with van der Waals surface area (Å²) in [6.07, 6.45) is 4.45. The van der Waals surface area contributed by atoms with Crippen LogP contribution >= 0.6 is 0 Å².